The molecule has 4 aliphatic carbocycles. The van der Waals surface area contributed by atoms with Crippen molar-refractivity contribution >= 4 is 34.8 Å². The summed E-state index contributed by atoms with van der Waals surface area (Å²) in [6.45, 7) is 0. The first-order valence-electron chi connectivity index (χ1n) is 10.9. The summed E-state index contributed by atoms with van der Waals surface area (Å²) in [7, 11) is 0. The Balaban J connectivity index is 1.23. The van der Waals surface area contributed by atoms with E-state index in [9.17, 15) is 9.59 Å². The summed E-state index contributed by atoms with van der Waals surface area (Å²) >= 11 is 6.12. The molecule has 0 unspecified atom stereocenters. The SMILES string of the molecule is O=C(CC12CC3CC(CC(C3)C1)C2)Nc1cccc(NC(=O)c2ccccc2Cl)c1. The Kier molecular flexibility index (Phi) is 5.06. The van der Waals surface area contributed by atoms with Gasteiger partial charge in [0.25, 0.3) is 5.91 Å². The Morgan fingerprint density at radius 2 is 1.47 bits per heavy atom. The van der Waals surface area contributed by atoms with Crippen molar-refractivity contribution in [1.82, 2.24) is 0 Å². The highest BCUT2D eigenvalue weighted by atomic mass is 35.5. The lowest BCUT2D eigenvalue weighted by atomic mass is 9.49. The Morgan fingerprint density at radius 1 is 0.867 bits per heavy atom. The van der Waals surface area contributed by atoms with Crippen LogP contribution >= 0.6 is 11.6 Å². The lowest BCUT2D eigenvalue weighted by molar-refractivity contribution is -0.124. The third-order valence-corrected chi connectivity index (χ3v) is 7.55. The Morgan fingerprint density at radius 3 is 2.10 bits per heavy atom. The van der Waals surface area contributed by atoms with Gasteiger partial charge in [-0.1, -0.05) is 29.8 Å². The lowest BCUT2D eigenvalue weighted by Crippen LogP contribution is -2.47. The molecule has 4 aliphatic rings. The molecule has 4 saturated carbocycles. The van der Waals surface area contributed by atoms with Crippen molar-refractivity contribution < 1.29 is 9.59 Å². The number of carbonyl (C=O) groups is 2. The molecule has 6 rings (SSSR count). The van der Waals surface area contributed by atoms with Crippen LogP contribution in [0.3, 0.4) is 0 Å². The summed E-state index contributed by atoms with van der Waals surface area (Å²) < 4.78 is 0. The first kappa shape index (κ1) is 19.6. The monoisotopic (exact) mass is 422 g/mol. The molecule has 4 fully saturated rings. The molecule has 2 N–H and O–H groups in total. The van der Waals surface area contributed by atoms with Gasteiger partial charge in [0.1, 0.15) is 0 Å². The van der Waals surface area contributed by atoms with Crippen molar-refractivity contribution in [1.29, 1.82) is 0 Å². The smallest absolute Gasteiger partial charge is 0.257 e. The van der Waals surface area contributed by atoms with Crippen LogP contribution in [-0.4, -0.2) is 11.8 Å². The summed E-state index contributed by atoms with van der Waals surface area (Å²) in [5.41, 5.74) is 1.99. The normalized spacial score (nSPS) is 28.9. The van der Waals surface area contributed by atoms with Crippen LogP contribution in [0.1, 0.15) is 55.3 Å². The number of carbonyl (C=O) groups excluding carboxylic acids is 2. The molecule has 5 heteroatoms. The average Bonchev–Trinajstić information content (AvgIpc) is 2.67. The van der Waals surface area contributed by atoms with E-state index in [1.807, 2.05) is 18.2 Å². The highest BCUT2D eigenvalue weighted by molar-refractivity contribution is 6.34. The quantitative estimate of drug-likeness (QED) is 0.608. The number of nitrogens with one attached hydrogen (secondary N) is 2. The molecule has 0 aromatic heterocycles. The van der Waals surface area contributed by atoms with Crippen molar-refractivity contribution in [3.8, 4) is 0 Å². The molecule has 2 amide bonds. The van der Waals surface area contributed by atoms with Crippen LogP contribution in [0.2, 0.25) is 5.02 Å². The largest absolute Gasteiger partial charge is 0.326 e. The van der Waals surface area contributed by atoms with E-state index in [-0.39, 0.29) is 17.2 Å². The van der Waals surface area contributed by atoms with E-state index < -0.39 is 0 Å². The van der Waals surface area contributed by atoms with E-state index in [4.69, 9.17) is 11.6 Å². The lowest BCUT2D eigenvalue weighted by Gasteiger charge is -2.56. The molecule has 4 bridgehead atoms. The minimum absolute atomic E-state index is 0.0894. The topological polar surface area (TPSA) is 58.2 Å². The molecule has 0 radical (unpaired) electrons. The minimum atomic E-state index is -0.266. The van der Waals surface area contributed by atoms with Gasteiger partial charge in [-0.15, -0.1) is 0 Å². The molecule has 0 saturated heterocycles. The number of hydrogen-bond acceptors (Lipinski definition) is 2. The van der Waals surface area contributed by atoms with Gasteiger partial charge in [0.2, 0.25) is 5.91 Å². The molecule has 2 aromatic carbocycles. The molecule has 0 atom stereocenters. The van der Waals surface area contributed by atoms with E-state index in [0.29, 0.717) is 28.4 Å². The second kappa shape index (κ2) is 7.73. The van der Waals surface area contributed by atoms with Crippen LogP contribution < -0.4 is 10.6 Å². The van der Waals surface area contributed by atoms with Crippen LogP contribution in [0.4, 0.5) is 11.4 Å². The van der Waals surface area contributed by atoms with Crippen LogP contribution in [-0.2, 0) is 4.79 Å². The van der Waals surface area contributed by atoms with Gasteiger partial charge in [0.15, 0.2) is 0 Å². The van der Waals surface area contributed by atoms with Crippen molar-refractivity contribution in [2.45, 2.75) is 44.9 Å². The zero-order valence-corrected chi connectivity index (χ0v) is 17.8. The number of anilines is 2. The molecule has 156 valence electrons. The number of halogens is 1. The summed E-state index contributed by atoms with van der Waals surface area (Å²) in [4.78, 5) is 25.4. The van der Waals surface area contributed by atoms with Crippen molar-refractivity contribution in [3.63, 3.8) is 0 Å². The second-order valence-electron chi connectivity index (χ2n) is 9.66. The Hall–Kier alpha value is -2.33. The van der Waals surface area contributed by atoms with Gasteiger partial charge in [0, 0.05) is 17.8 Å². The van der Waals surface area contributed by atoms with Gasteiger partial charge in [-0.25, -0.2) is 0 Å². The number of rotatable bonds is 5. The number of benzene rings is 2. The molecule has 0 heterocycles. The van der Waals surface area contributed by atoms with Gasteiger partial charge in [-0.2, -0.15) is 0 Å². The zero-order valence-electron chi connectivity index (χ0n) is 17.0. The molecule has 0 aliphatic heterocycles. The molecule has 30 heavy (non-hydrogen) atoms. The van der Waals surface area contributed by atoms with Gasteiger partial charge in [-0.3, -0.25) is 9.59 Å². The van der Waals surface area contributed by atoms with Crippen LogP contribution in [0.15, 0.2) is 48.5 Å². The third kappa shape index (κ3) is 3.98. The fraction of sp³-hybridized carbons (Fsp3) is 0.440. The van der Waals surface area contributed by atoms with E-state index >= 15 is 0 Å². The maximum atomic E-state index is 12.9. The zero-order chi connectivity index (χ0) is 20.7. The fourth-order valence-corrected chi connectivity index (χ4v) is 6.79. The van der Waals surface area contributed by atoms with Crippen molar-refractivity contribution in [2.24, 2.45) is 23.2 Å². The van der Waals surface area contributed by atoms with Gasteiger partial charge in [0.05, 0.1) is 10.6 Å². The first-order valence-corrected chi connectivity index (χ1v) is 11.3. The summed E-state index contributed by atoms with van der Waals surface area (Å²) in [5.74, 6) is 2.34. The number of amides is 2. The van der Waals surface area contributed by atoms with Crippen molar-refractivity contribution in [3.05, 3.63) is 59.1 Å². The Labute approximate surface area is 182 Å². The van der Waals surface area contributed by atoms with Crippen LogP contribution in [0.25, 0.3) is 0 Å². The van der Waals surface area contributed by atoms with Gasteiger partial charge < -0.3 is 10.6 Å². The second-order valence-corrected chi connectivity index (χ2v) is 10.1. The third-order valence-electron chi connectivity index (χ3n) is 7.22. The number of hydrogen-bond donors (Lipinski definition) is 2. The molecular formula is C25H27ClN2O2. The standard InChI is InChI=1S/C25H27ClN2O2/c26-22-7-2-1-6-21(22)24(30)28-20-5-3-4-19(11-20)27-23(29)15-25-12-16-8-17(13-25)10-18(9-16)14-25/h1-7,11,16-18H,8-10,12-15H2,(H,27,29)(H,28,30). The average molecular weight is 423 g/mol. The van der Waals surface area contributed by atoms with E-state index in [0.717, 1.165) is 17.8 Å². The summed E-state index contributed by atoms with van der Waals surface area (Å²) in [5, 5.41) is 6.34. The van der Waals surface area contributed by atoms with E-state index in [1.54, 1.807) is 30.3 Å². The highest BCUT2D eigenvalue weighted by Gasteiger charge is 2.51. The predicted octanol–water partition coefficient (Wildman–Crippen LogP) is 6.14. The first-order chi connectivity index (χ1) is 14.5. The predicted molar refractivity (Wildman–Crippen MR) is 120 cm³/mol. The molecule has 2 aromatic rings. The van der Waals surface area contributed by atoms with E-state index in [2.05, 4.69) is 10.6 Å². The maximum Gasteiger partial charge on any atom is 0.257 e. The Bertz CT molecular complexity index is 951. The van der Waals surface area contributed by atoms with Crippen molar-refractivity contribution in [2.75, 3.05) is 10.6 Å². The van der Waals surface area contributed by atoms with E-state index in [1.165, 1.54) is 38.5 Å². The van der Waals surface area contributed by atoms with Gasteiger partial charge >= 0.3 is 0 Å². The van der Waals surface area contributed by atoms with Crippen LogP contribution in [0, 0.1) is 23.2 Å². The highest BCUT2D eigenvalue weighted by Crippen LogP contribution is 2.61. The van der Waals surface area contributed by atoms with Gasteiger partial charge in [-0.05, 0) is 92.0 Å². The summed E-state index contributed by atoms with van der Waals surface area (Å²) in [6.07, 6.45) is 8.43. The fourth-order valence-electron chi connectivity index (χ4n) is 6.57. The summed E-state index contributed by atoms with van der Waals surface area (Å²) in [6, 6.07) is 14.3. The maximum absolute atomic E-state index is 12.9. The van der Waals surface area contributed by atoms with Crippen LogP contribution in [0.5, 0.6) is 0 Å². The molecule has 0 spiro atoms. The molecule has 4 nitrogen and oxygen atoms in total. The molecular weight excluding hydrogens is 396 g/mol. The minimum Gasteiger partial charge on any atom is -0.326 e.